The number of carbonyl (C=O) groups is 2. The van der Waals surface area contributed by atoms with Gasteiger partial charge in [0.25, 0.3) is 0 Å². The summed E-state index contributed by atoms with van der Waals surface area (Å²) in [5.74, 6) is -0.413. The Labute approximate surface area is 136 Å². The highest BCUT2D eigenvalue weighted by Gasteiger charge is 2.23. The zero-order valence-electron chi connectivity index (χ0n) is 13.3. The molecule has 1 aromatic carbocycles. The molecular weight excluding hydrogens is 292 g/mol. The average Bonchev–Trinajstić information content (AvgIpc) is 3.09. The van der Waals surface area contributed by atoms with Gasteiger partial charge in [0.15, 0.2) is 0 Å². The molecule has 2 aliphatic heterocycles. The Morgan fingerprint density at radius 2 is 1.87 bits per heavy atom. The number of piperidine rings is 1. The van der Waals surface area contributed by atoms with E-state index in [-0.39, 0.29) is 11.8 Å². The highest BCUT2D eigenvalue weighted by molar-refractivity contribution is 6.00. The van der Waals surface area contributed by atoms with E-state index in [9.17, 15) is 9.59 Å². The third-order valence-corrected chi connectivity index (χ3v) is 4.70. The molecule has 0 aliphatic carbocycles. The molecule has 0 saturated carbocycles. The van der Waals surface area contributed by atoms with E-state index in [0.29, 0.717) is 11.3 Å². The second kappa shape index (κ2) is 7.00. The Morgan fingerprint density at radius 1 is 1.17 bits per heavy atom. The molecule has 1 aromatic rings. The van der Waals surface area contributed by atoms with Gasteiger partial charge in [-0.05, 0) is 57.0 Å². The maximum absolute atomic E-state index is 12.5. The number of carbonyl (C=O) groups excluding carboxylic acids is 2. The number of nitrogens with zero attached hydrogens (tertiary/aromatic N) is 1. The predicted octanol–water partition coefficient (Wildman–Crippen LogP) is 1.32. The summed E-state index contributed by atoms with van der Waals surface area (Å²) in [4.78, 5) is 26.3. The highest BCUT2D eigenvalue weighted by Crippen LogP contribution is 2.31. The van der Waals surface area contributed by atoms with E-state index in [1.165, 1.54) is 0 Å². The molecule has 0 bridgehead atoms. The fraction of sp³-hybridized carbons (Fsp3) is 0.529. The van der Waals surface area contributed by atoms with Gasteiger partial charge < -0.3 is 21.3 Å². The lowest BCUT2D eigenvalue weighted by Gasteiger charge is -2.25. The third-order valence-electron chi connectivity index (χ3n) is 4.70. The van der Waals surface area contributed by atoms with E-state index < -0.39 is 5.91 Å². The summed E-state index contributed by atoms with van der Waals surface area (Å²) >= 11 is 0. The molecule has 2 aliphatic rings. The molecule has 0 radical (unpaired) electrons. The average molecular weight is 316 g/mol. The van der Waals surface area contributed by atoms with Crippen molar-refractivity contribution in [1.29, 1.82) is 0 Å². The van der Waals surface area contributed by atoms with Crippen molar-refractivity contribution in [3.05, 3.63) is 23.8 Å². The second-order valence-corrected chi connectivity index (χ2v) is 6.30. The van der Waals surface area contributed by atoms with Gasteiger partial charge in [0, 0.05) is 24.6 Å². The lowest BCUT2D eigenvalue weighted by molar-refractivity contribution is -0.120. The largest absolute Gasteiger partial charge is 0.370 e. The number of primary amides is 1. The molecule has 0 atom stereocenters. The minimum absolute atomic E-state index is 0.0277. The fourth-order valence-electron chi connectivity index (χ4n) is 3.34. The predicted molar refractivity (Wildman–Crippen MR) is 90.6 cm³/mol. The van der Waals surface area contributed by atoms with Crippen LogP contribution in [0.2, 0.25) is 0 Å². The summed E-state index contributed by atoms with van der Waals surface area (Å²) in [5.41, 5.74) is 7.49. The number of nitrogens with two attached hydrogens (primary N) is 1. The lowest BCUT2D eigenvalue weighted by atomic mass is 9.97. The Balaban J connectivity index is 1.83. The van der Waals surface area contributed by atoms with E-state index in [1.54, 1.807) is 12.1 Å². The van der Waals surface area contributed by atoms with Crippen LogP contribution in [0.3, 0.4) is 0 Å². The van der Waals surface area contributed by atoms with Gasteiger partial charge >= 0.3 is 0 Å². The van der Waals surface area contributed by atoms with Gasteiger partial charge in [-0.25, -0.2) is 0 Å². The van der Waals surface area contributed by atoms with Gasteiger partial charge in [0.1, 0.15) is 0 Å². The molecule has 0 spiro atoms. The van der Waals surface area contributed by atoms with Crippen molar-refractivity contribution in [2.24, 2.45) is 11.7 Å². The van der Waals surface area contributed by atoms with Gasteiger partial charge in [-0.15, -0.1) is 0 Å². The molecule has 23 heavy (non-hydrogen) atoms. The Bertz CT molecular complexity index is 590. The Kier molecular flexibility index (Phi) is 4.81. The van der Waals surface area contributed by atoms with Gasteiger partial charge in [-0.1, -0.05) is 0 Å². The van der Waals surface area contributed by atoms with Crippen LogP contribution in [0, 0.1) is 5.92 Å². The minimum atomic E-state index is -0.477. The van der Waals surface area contributed by atoms with Crippen molar-refractivity contribution < 1.29 is 9.59 Å². The van der Waals surface area contributed by atoms with E-state index in [2.05, 4.69) is 15.5 Å². The summed E-state index contributed by atoms with van der Waals surface area (Å²) in [6.45, 7) is 3.70. The Hall–Kier alpha value is -2.08. The SMILES string of the molecule is NC(=O)c1ccc(N2CCCC2)c(NC(=O)C2CCNCC2)c1. The van der Waals surface area contributed by atoms with Crippen LogP contribution in [0.1, 0.15) is 36.0 Å². The maximum Gasteiger partial charge on any atom is 0.248 e. The molecule has 6 nitrogen and oxygen atoms in total. The number of benzene rings is 1. The number of anilines is 2. The monoisotopic (exact) mass is 316 g/mol. The van der Waals surface area contributed by atoms with Gasteiger partial charge in [0.2, 0.25) is 11.8 Å². The zero-order chi connectivity index (χ0) is 16.2. The lowest BCUT2D eigenvalue weighted by Crippen LogP contribution is -2.35. The number of amides is 2. The van der Waals surface area contributed by atoms with Crippen LogP contribution in [0.25, 0.3) is 0 Å². The van der Waals surface area contributed by atoms with Crippen molar-refractivity contribution in [3.8, 4) is 0 Å². The first-order valence-electron chi connectivity index (χ1n) is 8.35. The summed E-state index contributed by atoms with van der Waals surface area (Å²) in [6.07, 6.45) is 4.00. The molecular formula is C17H24N4O2. The first-order valence-corrected chi connectivity index (χ1v) is 8.35. The molecule has 0 aromatic heterocycles. The number of rotatable bonds is 4. The first-order chi connectivity index (χ1) is 11.1. The molecule has 0 unspecified atom stereocenters. The van der Waals surface area contributed by atoms with Crippen LogP contribution < -0.4 is 21.3 Å². The first kappa shape index (κ1) is 15.8. The quantitative estimate of drug-likeness (QED) is 0.782. The van der Waals surface area contributed by atoms with Gasteiger partial charge in [-0.3, -0.25) is 9.59 Å². The van der Waals surface area contributed by atoms with Crippen LogP contribution in [0.15, 0.2) is 18.2 Å². The third kappa shape index (κ3) is 3.64. The highest BCUT2D eigenvalue weighted by atomic mass is 16.2. The zero-order valence-corrected chi connectivity index (χ0v) is 13.3. The van der Waals surface area contributed by atoms with Crippen molar-refractivity contribution >= 4 is 23.2 Å². The van der Waals surface area contributed by atoms with Crippen LogP contribution in [-0.2, 0) is 4.79 Å². The number of hydrogen-bond donors (Lipinski definition) is 3. The van der Waals surface area contributed by atoms with Gasteiger partial charge in [-0.2, -0.15) is 0 Å². The maximum atomic E-state index is 12.5. The van der Waals surface area contributed by atoms with E-state index >= 15 is 0 Å². The number of hydrogen-bond acceptors (Lipinski definition) is 4. The summed E-state index contributed by atoms with van der Waals surface area (Å²) in [6, 6.07) is 5.33. The van der Waals surface area contributed by atoms with Crippen LogP contribution in [-0.4, -0.2) is 38.0 Å². The molecule has 124 valence electrons. The van der Waals surface area contributed by atoms with Crippen molar-refractivity contribution in [3.63, 3.8) is 0 Å². The van der Waals surface area contributed by atoms with E-state index in [1.807, 2.05) is 6.07 Å². The standard InChI is InChI=1S/C17H24N4O2/c18-16(22)13-3-4-15(21-9-1-2-10-21)14(11-13)20-17(23)12-5-7-19-8-6-12/h3-4,11-12,19H,1-2,5-10H2,(H2,18,22)(H,20,23). The van der Waals surface area contributed by atoms with Crippen molar-refractivity contribution in [1.82, 2.24) is 5.32 Å². The molecule has 2 heterocycles. The normalized spacial score (nSPS) is 18.9. The summed E-state index contributed by atoms with van der Waals surface area (Å²) in [7, 11) is 0. The molecule has 4 N–H and O–H groups in total. The van der Waals surface area contributed by atoms with E-state index in [0.717, 1.165) is 57.5 Å². The second-order valence-electron chi connectivity index (χ2n) is 6.30. The molecule has 2 amide bonds. The molecule has 2 saturated heterocycles. The van der Waals surface area contributed by atoms with E-state index in [4.69, 9.17) is 5.73 Å². The fourth-order valence-corrected chi connectivity index (χ4v) is 3.34. The summed E-state index contributed by atoms with van der Waals surface area (Å²) < 4.78 is 0. The molecule has 3 rings (SSSR count). The molecule has 6 heteroatoms. The van der Waals surface area contributed by atoms with Crippen LogP contribution in [0.5, 0.6) is 0 Å². The number of nitrogens with one attached hydrogen (secondary N) is 2. The molecule has 2 fully saturated rings. The Morgan fingerprint density at radius 3 is 2.52 bits per heavy atom. The minimum Gasteiger partial charge on any atom is -0.370 e. The summed E-state index contributed by atoms with van der Waals surface area (Å²) in [5, 5.41) is 6.30. The smallest absolute Gasteiger partial charge is 0.248 e. The van der Waals surface area contributed by atoms with Gasteiger partial charge in [0.05, 0.1) is 11.4 Å². The van der Waals surface area contributed by atoms with Crippen molar-refractivity contribution in [2.75, 3.05) is 36.4 Å². The van der Waals surface area contributed by atoms with Crippen molar-refractivity contribution in [2.45, 2.75) is 25.7 Å². The topological polar surface area (TPSA) is 87.5 Å². The van der Waals surface area contributed by atoms with Crippen LogP contribution in [0.4, 0.5) is 11.4 Å². The van der Waals surface area contributed by atoms with Crippen LogP contribution >= 0.6 is 0 Å².